The Hall–Kier alpha value is -0.390. The maximum absolute atomic E-state index is 5.36. The molecule has 2 heterocycles. The van der Waals surface area contributed by atoms with Gasteiger partial charge in [0.05, 0.1) is 23.8 Å². The smallest absolute Gasteiger partial charge is 0.186 e. The van der Waals surface area contributed by atoms with Crippen molar-refractivity contribution in [3.8, 4) is 0 Å². The number of ether oxygens (including phenoxy) is 1. The highest BCUT2D eigenvalue weighted by Crippen LogP contribution is 2.28. The number of allylic oxidation sites excluding steroid dienone is 1. The van der Waals surface area contributed by atoms with Gasteiger partial charge >= 0.3 is 0 Å². The minimum Gasteiger partial charge on any atom is -0.378 e. The molecule has 0 atom stereocenters. The Labute approximate surface area is 115 Å². The number of aryl methyl sites for hydroxylation is 1. The van der Waals surface area contributed by atoms with Crippen LogP contribution in [0.2, 0.25) is 0 Å². The Balaban J connectivity index is 2.17. The molecule has 0 unspecified atom stereocenters. The van der Waals surface area contributed by atoms with Crippen molar-refractivity contribution in [2.45, 2.75) is 13.8 Å². The van der Waals surface area contributed by atoms with E-state index in [1.807, 2.05) is 0 Å². The molecule has 1 saturated heterocycles. The molecule has 0 amide bonds. The number of morpholine rings is 1. The molecule has 94 valence electrons. The Morgan fingerprint density at radius 2 is 2.24 bits per heavy atom. The standard InChI is InChI=1S/C12H17BrN2OS/c1-9(8-13)7-11-10(2)14-12(17-11)15-3-5-16-6-4-15/h7H,3-6,8H2,1-2H3. The number of nitrogens with zero attached hydrogens (tertiary/aromatic N) is 2. The molecule has 0 bridgehead atoms. The van der Waals surface area contributed by atoms with Crippen LogP contribution in [0.1, 0.15) is 17.5 Å². The predicted molar refractivity (Wildman–Crippen MR) is 77.3 cm³/mol. The molecule has 0 saturated carbocycles. The average Bonchev–Trinajstić information content (AvgIpc) is 2.72. The fourth-order valence-corrected chi connectivity index (χ4v) is 2.99. The van der Waals surface area contributed by atoms with Crippen molar-refractivity contribution in [3.05, 3.63) is 16.1 Å². The lowest BCUT2D eigenvalue weighted by atomic mass is 10.3. The highest BCUT2D eigenvalue weighted by Gasteiger charge is 2.15. The number of hydrogen-bond donors (Lipinski definition) is 0. The van der Waals surface area contributed by atoms with Crippen molar-refractivity contribution in [2.75, 3.05) is 36.5 Å². The molecule has 0 radical (unpaired) electrons. The molecule has 0 spiro atoms. The molecule has 0 aliphatic carbocycles. The van der Waals surface area contributed by atoms with Gasteiger partial charge in [-0.05, 0) is 19.9 Å². The fourth-order valence-electron chi connectivity index (χ4n) is 1.68. The van der Waals surface area contributed by atoms with Gasteiger partial charge in [-0.15, -0.1) is 0 Å². The summed E-state index contributed by atoms with van der Waals surface area (Å²) in [6.45, 7) is 7.73. The normalized spacial score (nSPS) is 17.6. The van der Waals surface area contributed by atoms with E-state index in [4.69, 9.17) is 4.74 Å². The van der Waals surface area contributed by atoms with E-state index in [1.54, 1.807) is 11.3 Å². The van der Waals surface area contributed by atoms with Crippen molar-refractivity contribution >= 4 is 38.5 Å². The maximum atomic E-state index is 5.36. The second-order valence-corrected chi connectivity index (χ2v) is 5.74. The monoisotopic (exact) mass is 316 g/mol. The molecular formula is C12H17BrN2OS. The second-order valence-electron chi connectivity index (χ2n) is 4.17. The van der Waals surface area contributed by atoms with Crippen LogP contribution >= 0.6 is 27.3 Å². The van der Waals surface area contributed by atoms with E-state index in [0.717, 1.165) is 42.5 Å². The summed E-state index contributed by atoms with van der Waals surface area (Å²) in [5.41, 5.74) is 2.45. The number of thiazole rings is 1. The van der Waals surface area contributed by atoms with Crippen LogP contribution in [0.25, 0.3) is 6.08 Å². The SMILES string of the molecule is CC(=Cc1sc(N2CCOCC2)nc1C)CBr. The Kier molecular flexibility index (Phi) is 4.59. The summed E-state index contributed by atoms with van der Waals surface area (Å²) >= 11 is 5.24. The van der Waals surface area contributed by atoms with E-state index in [1.165, 1.54) is 10.5 Å². The summed E-state index contributed by atoms with van der Waals surface area (Å²) in [4.78, 5) is 8.23. The first-order valence-electron chi connectivity index (χ1n) is 5.74. The topological polar surface area (TPSA) is 25.4 Å². The van der Waals surface area contributed by atoms with E-state index >= 15 is 0 Å². The van der Waals surface area contributed by atoms with Crippen molar-refractivity contribution in [1.29, 1.82) is 0 Å². The minimum atomic E-state index is 0.810. The Bertz CT molecular complexity index is 411. The number of halogens is 1. The molecule has 2 rings (SSSR count). The molecule has 1 aromatic heterocycles. The van der Waals surface area contributed by atoms with Crippen LogP contribution in [0.4, 0.5) is 5.13 Å². The van der Waals surface area contributed by atoms with Crippen molar-refractivity contribution in [3.63, 3.8) is 0 Å². The number of anilines is 1. The lowest BCUT2D eigenvalue weighted by Gasteiger charge is -2.25. The highest BCUT2D eigenvalue weighted by molar-refractivity contribution is 9.09. The highest BCUT2D eigenvalue weighted by atomic mass is 79.9. The summed E-state index contributed by atoms with van der Waals surface area (Å²) < 4.78 is 5.36. The average molecular weight is 317 g/mol. The van der Waals surface area contributed by atoms with Gasteiger partial charge < -0.3 is 9.64 Å². The number of rotatable bonds is 3. The van der Waals surface area contributed by atoms with Gasteiger partial charge in [-0.25, -0.2) is 4.98 Å². The quantitative estimate of drug-likeness (QED) is 0.801. The first-order valence-corrected chi connectivity index (χ1v) is 7.68. The van der Waals surface area contributed by atoms with Crippen LogP contribution in [-0.2, 0) is 4.74 Å². The van der Waals surface area contributed by atoms with Gasteiger partial charge in [0.2, 0.25) is 0 Å². The van der Waals surface area contributed by atoms with Crippen LogP contribution < -0.4 is 4.90 Å². The van der Waals surface area contributed by atoms with E-state index in [9.17, 15) is 0 Å². The minimum absolute atomic E-state index is 0.810. The van der Waals surface area contributed by atoms with Gasteiger partial charge in [0, 0.05) is 18.4 Å². The molecule has 1 aliphatic rings. The largest absolute Gasteiger partial charge is 0.378 e. The third kappa shape index (κ3) is 3.30. The number of hydrogen-bond acceptors (Lipinski definition) is 4. The molecule has 0 aromatic carbocycles. The summed E-state index contributed by atoms with van der Waals surface area (Å²) in [6, 6.07) is 0. The van der Waals surface area contributed by atoms with Crippen molar-refractivity contribution in [1.82, 2.24) is 4.98 Å². The van der Waals surface area contributed by atoms with E-state index in [-0.39, 0.29) is 0 Å². The van der Waals surface area contributed by atoms with Crippen LogP contribution in [0, 0.1) is 6.92 Å². The van der Waals surface area contributed by atoms with Gasteiger partial charge in [0.15, 0.2) is 5.13 Å². The van der Waals surface area contributed by atoms with Gasteiger partial charge in [-0.1, -0.05) is 32.8 Å². The van der Waals surface area contributed by atoms with Gasteiger partial charge in [-0.2, -0.15) is 0 Å². The fraction of sp³-hybridized carbons (Fsp3) is 0.583. The van der Waals surface area contributed by atoms with Gasteiger partial charge in [0.25, 0.3) is 0 Å². The number of alkyl halides is 1. The first-order chi connectivity index (χ1) is 8.20. The zero-order valence-electron chi connectivity index (χ0n) is 10.2. The first kappa shape index (κ1) is 13.1. The van der Waals surface area contributed by atoms with Crippen LogP contribution in [0.5, 0.6) is 0 Å². The van der Waals surface area contributed by atoms with E-state index < -0.39 is 0 Å². The summed E-state index contributed by atoms with van der Waals surface area (Å²) in [5, 5.41) is 2.04. The Morgan fingerprint density at radius 3 is 2.88 bits per heavy atom. The summed E-state index contributed by atoms with van der Waals surface area (Å²) in [7, 11) is 0. The van der Waals surface area contributed by atoms with Crippen molar-refractivity contribution < 1.29 is 4.74 Å². The zero-order valence-corrected chi connectivity index (χ0v) is 12.6. The molecule has 0 N–H and O–H groups in total. The molecular weight excluding hydrogens is 300 g/mol. The third-order valence-corrected chi connectivity index (χ3v) is 4.74. The van der Waals surface area contributed by atoms with Crippen LogP contribution in [0.15, 0.2) is 5.57 Å². The van der Waals surface area contributed by atoms with Crippen LogP contribution in [-0.4, -0.2) is 36.6 Å². The lowest BCUT2D eigenvalue weighted by Crippen LogP contribution is -2.36. The lowest BCUT2D eigenvalue weighted by molar-refractivity contribution is 0.122. The molecule has 17 heavy (non-hydrogen) atoms. The molecule has 3 nitrogen and oxygen atoms in total. The summed E-state index contributed by atoms with van der Waals surface area (Å²) in [5.74, 6) is 0. The Morgan fingerprint density at radius 1 is 1.53 bits per heavy atom. The molecule has 1 aliphatic heterocycles. The number of aromatic nitrogens is 1. The van der Waals surface area contributed by atoms with Gasteiger partial charge in [-0.3, -0.25) is 0 Å². The molecule has 1 fully saturated rings. The molecule has 5 heteroatoms. The predicted octanol–water partition coefficient (Wildman–Crippen LogP) is 3.09. The van der Waals surface area contributed by atoms with E-state index in [2.05, 4.69) is 45.7 Å². The van der Waals surface area contributed by atoms with E-state index in [0.29, 0.717) is 0 Å². The molecule has 1 aromatic rings. The van der Waals surface area contributed by atoms with Crippen LogP contribution in [0.3, 0.4) is 0 Å². The van der Waals surface area contributed by atoms with Gasteiger partial charge in [0.1, 0.15) is 0 Å². The zero-order chi connectivity index (χ0) is 12.3. The van der Waals surface area contributed by atoms with Crippen molar-refractivity contribution in [2.24, 2.45) is 0 Å². The summed E-state index contributed by atoms with van der Waals surface area (Å²) in [6.07, 6.45) is 2.21. The maximum Gasteiger partial charge on any atom is 0.186 e. The second kappa shape index (κ2) is 5.98. The third-order valence-electron chi connectivity index (χ3n) is 2.69.